The van der Waals surface area contributed by atoms with Gasteiger partial charge in [-0.25, -0.2) is 4.39 Å². The number of hydrogen-bond donors (Lipinski definition) is 1. The van der Waals surface area contributed by atoms with Gasteiger partial charge in [0.05, 0.1) is 5.92 Å². The SMILES string of the molecule is Cc1ccc(Cc2ccccc2C(=O)N2C[C@@H]3CNC(=O)[C@@H]3C2)cc1F. The highest BCUT2D eigenvalue weighted by Crippen LogP contribution is 2.29. The molecule has 2 fully saturated rings. The highest BCUT2D eigenvalue weighted by Gasteiger charge is 2.43. The fourth-order valence-electron chi connectivity index (χ4n) is 3.92. The molecule has 4 nitrogen and oxygen atoms in total. The summed E-state index contributed by atoms with van der Waals surface area (Å²) < 4.78 is 13.8. The Balaban J connectivity index is 1.56. The van der Waals surface area contributed by atoms with Crippen LogP contribution in [-0.4, -0.2) is 36.3 Å². The molecule has 2 aliphatic rings. The molecule has 4 rings (SSSR count). The molecule has 0 aliphatic carbocycles. The lowest BCUT2D eigenvalue weighted by atomic mass is 9.98. The molecule has 134 valence electrons. The summed E-state index contributed by atoms with van der Waals surface area (Å²) in [5.41, 5.74) is 2.96. The molecular weight excluding hydrogens is 331 g/mol. The van der Waals surface area contributed by atoms with Crippen molar-refractivity contribution < 1.29 is 14.0 Å². The highest BCUT2D eigenvalue weighted by molar-refractivity contribution is 5.96. The van der Waals surface area contributed by atoms with Crippen LogP contribution in [0.1, 0.15) is 27.0 Å². The van der Waals surface area contributed by atoms with E-state index in [0.29, 0.717) is 37.2 Å². The Morgan fingerprint density at radius 3 is 2.81 bits per heavy atom. The van der Waals surface area contributed by atoms with Gasteiger partial charge < -0.3 is 10.2 Å². The normalized spacial score (nSPS) is 21.6. The maximum atomic E-state index is 13.8. The van der Waals surface area contributed by atoms with Gasteiger partial charge in [0.15, 0.2) is 0 Å². The molecule has 2 heterocycles. The van der Waals surface area contributed by atoms with E-state index in [1.807, 2.05) is 30.3 Å². The van der Waals surface area contributed by atoms with E-state index in [1.54, 1.807) is 17.9 Å². The summed E-state index contributed by atoms with van der Waals surface area (Å²) in [5, 5.41) is 2.86. The fourth-order valence-corrected chi connectivity index (χ4v) is 3.92. The molecule has 0 radical (unpaired) electrons. The minimum atomic E-state index is -0.232. The minimum absolute atomic E-state index is 0.0459. The number of fused-ring (bicyclic) bond motifs is 1. The first-order valence-corrected chi connectivity index (χ1v) is 8.93. The zero-order chi connectivity index (χ0) is 18.3. The maximum Gasteiger partial charge on any atom is 0.254 e. The summed E-state index contributed by atoms with van der Waals surface area (Å²) in [6, 6.07) is 12.6. The summed E-state index contributed by atoms with van der Waals surface area (Å²) in [6.45, 7) is 3.47. The van der Waals surface area contributed by atoms with Crippen molar-refractivity contribution in [2.24, 2.45) is 11.8 Å². The maximum absolute atomic E-state index is 13.8. The molecule has 5 heteroatoms. The molecule has 2 saturated heterocycles. The molecule has 1 N–H and O–H groups in total. The first-order valence-electron chi connectivity index (χ1n) is 8.93. The van der Waals surface area contributed by atoms with Gasteiger partial charge in [0, 0.05) is 31.1 Å². The van der Waals surface area contributed by atoms with Crippen molar-refractivity contribution in [3.63, 3.8) is 0 Å². The topological polar surface area (TPSA) is 49.4 Å². The molecule has 2 amide bonds. The van der Waals surface area contributed by atoms with Gasteiger partial charge in [0.2, 0.25) is 5.91 Å². The average molecular weight is 352 g/mol. The van der Waals surface area contributed by atoms with Crippen molar-refractivity contribution in [2.75, 3.05) is 19.6 Å². The van der Waals surface area contributed by atoms with E-state index in [4.69, 9.17) is 0 Å². The number of hydrogen-bond acceptors (Lipinski definition) is 2. The number of benzene rings is 2. The molecule has 0 aromatic heterocycles. The molecule has 2 aliphatic heterocycles. The van der Waals surface area contributed by atoms with E-state index < -0.39 is 0 Å². The van der Waals surface area contributed by atoms with Crippen LogP contribution in [0, 0.1) is 24.6 Å². The molecule has 0 saturated carbocycles. The Bertz CT molecular complexity index is 880. The third-order valence-electron chi connectivity index (χ3n) is 5.48. The van der Waals surface area contributed by atoms with Gasteiger partial charge in [-0.2, -0.15) is 0 Å². The number of aryl methyl sites for hydroxylation is 1. The number of nitrogens with zero attached hydrogens (tertiary/aromatic N) is 1. The molecular formula is C21H21FN2O2. The second-order valence-electron chi connectivity index (χ2n) is 7.24. The Kier molecular flexibility index (Phi) is 4.23. The summed E-state index contributed by atoms with van der Waals surface area (Å²) in [7, 11) is 0. The largest absolute Gasteiger partial charge is 0.355 e. The lowest BCUT2D eigenvalue weighted by molar-refractivity contribution is -0.122. The van der Waals surface area contributed by atoms with Crippen molar-refractivity contribution in [1.82, 2.24) is 10.2 Å². The van der Waals surface area contributed by atoms with Gasteiger partial charge in [0.1, 0.15) is 5.82 Å². The molecule has 0 bridgehead atoms. The Labute approximate surface area is 152 Å². The van der Waals surface area contributed by atoms with Crippen LogP contribution in [0.3, 0.4) is 0 Å². The Morgan fingerprint density at radius 2 is 2.04 bits per heavy atom. The van der Waals surface area contributed by atoms with E-state index in [-0.39, 0.29) is 29.5 Å². The number of likely N-dealkylation sites (tertiary alicyclic amines) is 1. The minimum Gasteiger partial charge on any atom is -0.355 e. The smallest absolute Gasteiger partial charge is 0.254 e. The van der Waals surface area contributed by atoms with Gasteiger partial charge in [-0.1, -0.05) is 30.3 Å². The molecule has 2 atom stereocenters. The first kappa shape index (κ1) is 16.8. The zero-order valence-electron chi connectivity index (χ0n) is 14.7. The van der Waals surface area contributed by atoms with Crippen molar-refractivity contribution in [1.29, 1.82) is 0 Å². The standard InChI is InChI=1S/C21H21FN2O2/c1-13-6-7-14(9-19(13)22)8-15-4-2-3-5-17(15)21(26)24-11-16-10-23-20(25)18(16)12-24/h2-7,9,16,18H,8,10-12H2,1H3,(H,23,25)/t16-,18+/m0/s1. The van der Waals surface area contributed by atoms with E-state index in [0.717, 1.165) is 11.1 Å². The molecule has 0 unspecified atom stereocenters. The zero-order valence-corrected chi connectivity index (χ0v) is 14.7. The monoisotopic (exact) mass is 352 g/mol. The van der Waals surface area contributed by atoms with Crippen LogP contribution in [-0.2, 0) is 11.2 Å². The number of carbonyl (C=O) groups excluding carboxylic acids is 2. The van der Waals surface area contributed by atoms with Crippen LogP contribution < -0.4 is 5.32 Å². The van der Waals surface area contributed by atoms with Crippen LogP contribution in [0.2, 0.25) is 0 Å². The highest BCUT2D eigenvalue weighted by atomic mass is 19.1. The average Bonchev–Trinajstić information content (AvgIpc) is 3.20. The van der Waals surface area contributed by atoms with Gasteiger partial charge in [-0.15, -0.1) is 0 Å². The van der Waals surface area contributed by atoms with Crippen molar-refractivity contribution in [2.45, 2.75) is 13.3 Å². The van der Waals surface area contributed by atoms with E-state index in [1.165, 1.54) is 6.07 Å². The summed E-state index contributed by atoms with van der Waals surface area (Å²) >= 11 is 0. The number of halogens is 1. The van der Waals surface area contributed by atoms with Crippen LogP contribution >= 0.6 is 0 Å². The molecule has 0 spiro atoms. The second kappa shape index (κ2) is 6.56. The number of carbonyl (C=O) groups is 2. The van der Waals surface area contributed by atoms with Gasteiger partial charge in [-0.05, 0) is 42.2 Å². The van der Waals surface area contributed by atoms with E-state index in [2.05, 4.69) is 5.32 Å². The molecule has 26 heavy (non-hydrogen) atoms. The number of nitrogens with one attached hydrogen (secondary N) is 1. The first-order chi connectivity index (χ1) is 12.5. The van der Waals surface area contributed by atoms with Crippen LogP contribution in [0.5, 0.6) is 0 Å². The van der Waals surface area contributed by atoms with Crippen LogP contribution in [0.25, 0.3) is 0 Å². The van der Waals surface area contributed by atoms with Crippen molar-refractivity contribution in [3.05, 3.63) is 70.5 Å². The lowest BCUT2D eigenvalue weighted by Gasteiger charge is -2.19. The third kappa shape index (κ3) is 2.98. The van der Waals surface area contributed by atoms with Gasteiger partial charge in [-0.3, -0.25) is 9.59 Å². The quantitative estimate of drug-likeness (QED) is 0.923. The van der Waals surface area contributed by atoms with Crippen LogP contribution in [0.4, 0.5) is 4.39 Å². The van der Waals surface area contributed by atoms with Gasteiger partial charge in [0.25, 0.3) is 5.91 Å². The summed E-state index contributed by atoms with van der Waals surface area (Å²) in [4.78, 5) is 26.7. The third-order valence-corrected chi connectivity index (χ3v) is 5.48. The van der Waals surface area contributed by atoms with Gasteiger partial charge >= 0.3 is 0 Å². The Morgan fingerprint density at radius 1 is 1.23 bits per heavy atom. The number of rotatable bonds is 3. The summed E-state index contributed by atoms with van der Waals surface area (Å²) in [6.07, 6.45) is 0.500. The number of amides is 2. The van der Waals surface area contributed by atoms with E-state index in [9.17, 15) is 14.0 Å². The van der Waals surface area contributed by atoms with Crippen molar-refractivity contribution in [3.8, 4) is 0 Å². The fraction of sp³-hybridized carbons (Fsp3) is 0.333. The van der Waals surface area contributed by atoms with E-state index >= 15 is 0 Å². The second-order valence-corrected chi connectivity index (χ2v) is 7.24. The van der Waals surface area contributed by atoms with Crippen molar-refractivity contribution >= 4 is 11.8 Å². The molecule has 2 aromatic carbocycles. The van der Waals surface area contributed by atoms with Crippen LogP contribution in [0.15, 0.2) is 42.5 Å². The predicted octanol–water partition coefficient (Wildman–Crippen LogP) is 2.54. The molecule has 2 aromatic rings. The predicted molar refractivity (Wildman–Crippen MR) is 96.3 cm³/mol. The lowest BCUT2D eigenvalue weighted by Crippen LogP contribution is -2.33. The summed E-state index contributed by atoms with van der Waals surface area (Å²) in [5.74, 6) is -0.101. The Hall–Kier alpha value is -2.69.